The van der Waals surface area contributed by atoms with Gasteiger partial charge in [-0.25, -0.2) is 4.79 Å². The number of anilines is 1. The molecule has 0 spiro atoms. The number of piperidine rings is 1. The van der Waals surface area contributed by atoms with Crippen molar-refractivity contribution in [3.05, 3.63) is 29.8 Å². The second-order valence-electron chi connectivity index (χ2n) is 5.62. The molecule has 1 aromatic rings. The van der Waals surface area contributed by atoms with Crippen LogP contribution in [0.25, 0.3) is 0 Å². The van der Waals surface area contributed by atoms with E-state index in [1.54, 1.807) is 0 Å². The highest BCUT2D eigenvalue weighted by Crippen LogP contribution is 2.14. The molecule has 1 aliphatic rings. The van der Waals surface area contributed by atoms with E-state index in [2.05, 4.69) is 10.6 Å². The molecule has 1 atom stereocenters. The third kappa shape index (κ3) is 4.53. The van der Waals surface area contributed by atoms with Crippen molar-refractivity contribution in [3.8, 4) is 0 Å². The molecule has 0 bridgehead atoms. The molecule has 2 N–H and O–H groups in total. The summed E-state index contributed by atoms with van der Waals surface area (Å²) < 4.78 is 5.16. The number of hydrogen-bond donors (Lipinski definition) is 2. The van der Waals surface area contributed by atoms with E-state index in [1.165, 1.54) is 12.8 Å². The number of benzene rings is 1. The van der Waals surface area contributed by atoms with Crippen molar-refractivity contribution in [2.24, 2.45) is 5.92 Å². The Morgan fingerprint density at radius 2 is 2.15 bits per heavy atom. The standard InChI is InChI=1S/C16H24N2O2/c1-12(2)20-16(19)14-5-7-15(8-6-14)18-11-13-4-3-9-17-10-13/h5-8,12-13,17-18H,3-4,9-11H2,1-2H3. The molecule has 20 heavy (non-hydrogen) atoms. The molecule has 1 fully saturated rings. The summed E-state index contributed by atoms with van der Waals surface area (Å²) >= 11 is 0. The number of carbonyl (C=O) groups excluding carboxylic acids is 1. The van der Waals surface area contributed by atoms with E-state index in [4.69, 9.17) is 4.74 Å². The Labute approximate surface area is 120 Å². The number of hydrogen-bond acceptors (Lipinski definition) is 4. The highest BCUT2D eigenvalue weighted by atomic mass is 16.5. The van der Waals surface area contributed by atoms with Gasteiger partial charge in [-0.2, -0.15) is 0 Å². The molecule has 110 valence electrons. The lowest BCUT2D eigenvalue weighted by molar-refractivity contribution is 0.0378. The first kappa shape index (κ1) is 14.9. The van der Waals surface area contributed by atoms with Crippen LogP contribution in [0.2, 0.25) is 0 Å². The third-order valence-corrected chi connectivity index (χ3v) is 3.46. The van der Waals surface area contributed by atoms with Gasteiger partial charge in [-0.3, -0.25) is 0 Å². The Bertz CT molecular complexity index is 423. The van der Waals surface area contributed by atoms with Gasteiger partial charge in [0, 0.05) is 12.2 Å². The van der Waals surface area contributed by atoms with Crippen LogP contribution in [0.1, 0.15) is 37.0 Å². The Morgan fingerprint density at radius 1 is 1.40 bits per heavy atom. The molecule has 0 radical (unpaired) electrons. The maximum absolute atomic E-state index is 11.7. The summed E-state index contributed by atoms with van der Waals surface area (Å²) in [5.74, 6) is 0.428. The third-order valence-electron chi connectivity index (χ3n) is 3.46. The predicted octanol–water partition coefficient (Wildman–Crippen LogP) is 2.66. The van der Waals surface area contributed by atoms with Crippen LogP contribution in [0.15, 0.2) is 24.3 Å². The SMILES string of the molecule is CC(C)OC(=O)c1ccc(NCC2CCCNC2)cc1. The number of esters is 1. The zero-order valence-corrected chi connectivity index (χ0v) is 12.3. The topological polar surface area (TPSA) is 50.4 Å². The molecule has 4 heteroatoms. The molecule has 0 aromatic heterocycles. The van der Waals surface area contributed by atoms with E-state index in [0.29, 0.717) is 11.5 Å². The molecule has 4 nitrogen and oxygen atoms in total. The molecular weight excluding hydrogens is 252 g/mol. The highest BCUT2D eigenvalue weighted by Gasteiger charge is 2.13. The van der Waals surface area contributed by atoms with Crippen molar-refractivity contribution >= 4 is 11.7 Å². The molecule has 1 aliphatic heterocycles. The fourth-order valence-electron chi connectivity index (χ4n) is 2.37. The minimum absolute atomic E-state index is 0.0842. The van der Waals surface area contributed by atoms with E-state index < -0.39 is 0 Å². The van der Waals surface area contributed by atoms with E-state index in [-0.39, 0.29) is 12.1 Å². The Balaban J connectivity index is 1.83. The molecular formula is C16H24N2O2. The molecule has 0 aliphatic carbocycles. The summed E-state index contributed by atoms with van der Waals surface area (Å²) in [5.41, 5.74) is 1.65. The first-order valence-corrected chi connectivity index (χ1v) is 7.41. The van der Waals surface area contributed by atoms with Crippen LogP contribution < -0.4 is 10.6 Å². The van der Waals surface area contributed by atoms with Crippen LogP contribution in [0.4, 0.5) is 5.69 Å². The second kappa shape index (κ2) is 7.29. The normalized spacial score (nSPS) is 18.9. The van der Waals surface area contributed by atoms with Crippen LogP contribution in [-0.2, 0) is 4.74 Å². The molecule has 0 amide bonds. The van der Waals surface area contributed by atoms with Gasteiger partial charge in [-0.05, 0) is 70.0 Å². The van der Waals surface area contributed by atoms with Crippen LogP contribution in [0, 0.1) is 5.92 Å². The minimum atomic E-state index is -0.261. The lowest BCUT2D eigenvalue weighted by atomic mass is 10.00. The number of rotatable bonds is 5. The second-order valence-corrected chi connectivity index (χ2v) is 5.62. The zero-order chi connectivity index (χ0) is 14.4. The molecule has 1 saturated heterocycles. The first-order chi connectivity index (χ1) is 9.65. The molecule has 1 aromatic carbocycles. The maximum Gasteiger partial charge on any atom is 0.338 e. The summed E-state index contributed by atoms with van der Waals surface area (Å²) in [4.78, 5) is 11.7. The van der Waals surface area contributed by atoms with Crippen molar-refractivity contribution in [1.82, 2.24) is 5.32 Å². The van der Waals surface area contributed by atoms with E-state index >= 15 is 0 Å². The number of carbonyl (C=O) groups is 1. The van der Waals surface area contributed by atoms with Gasteiger partial charge in [0.15, 0.2) is 0 Å². The number of ether oxygens (including phenoxy) is 1. The summed E-state index contributed by atoms with van der Waals surface area (Å²) in [6, 6.07) is 7.50. The average molecular weight is 276 g/mol. The fourth-order valence-corrected chi connectivity index (χ4v) is 2.37. The van der Waals surface area contributed by atoms with E-state index in [9.17, 15) is 4.79 Å². The van der Waals surface area contributed by atoms with Gasteiger partial charge in [-0.1, -0.05) is 0 Å². The molecule has 2 rings (SSSR count). The average Bonchev–Trinajstić information content (AvgIpc) is 2.46. The van der Waals surface area contributed by atoms with Crippen molar-refractivity contribution in [2.45, 2.75) is 32.8 Å². The van der Waals surface area contributed by atoms with Gasteiger partial charge in [0.2, 0.25) is 0 Å². The van der Waals surface area contributed by atoms with Gasteiger partial charge in [0.05, 0.1) is 11.7 Å². The van der Waals surface area contributed by atoms with E-state index in [0.717, 1.165) is 25.3 Å². The lowest BCUT2D eigenvalue weighted by Crippen LogP contribution is -2.33. The minimum Gasteiger partial charge on any atom is -0.459 e. The predicted molar refractivity (Wildman–Crippen MR) is 81.1 cm³/mol. The lowest BCUT2D eigenvalue weighted by Gasteiger charge is -2.23. The Morgan fingerprint density at radius 3 is 2.75 bits per heavy atom. The first-order valence-electron chi connectivity index (χ1n) is 7.41. The van der Waals surface area contributed by atoms with Crippen LogP contribution in [-0.4, -0.2) is 31.7 Å². The van der Waals surface area contributed by atoms with Gasteiger partial charge in [0.1, 0.15) is 0 Å². The Kier molecular flexibility index (Phi) is 5.41. The maximum atomic E-state index is 11.7. The van der Waals surface area contributed by atoms with Crippen LogP contribution in [0.5, 0.6) is 0 Å². The summed E-state index contributed by atoms with van der Waals surface area (Å²) in [7, 11) is 0. The van der Waals surface area contributed by atoms with Crippen molar-refractivity contribution < 1.29 is 9.53 Å². The van der Waals surface area contributed by atoms with Crippen LogP contribution >= 0.6 is 0 Å². The smallest absolute Gasteiger partial charge is 0.338 e. The Hall–Kier alpha value is -1.55. The summed E-state index contributed by atoms with van der Waals surface area (Å²) in [6.45, 7) is 6.91. The molecule has 0 saturated carbocycles. The highest BCUT2D eigenvalue weighted by molar-refractivity contribution is 5.89. The van der Waals surface area contributed by atoms with E-state index in [1.807, 2.05) is 38.1 Å². The van der Waals surface area contributed by atoms with Crippen molar-refractivity contribution in [2.75, 3.05) is 25.0 Å². The monoisotopic (exact) mass is 276 g/mol. The van der Waals surface area contributed by atoms with Crippen LogP contribution in [0.3, 0.4) is 0 Å². The summed E-state index contributed by atoms with van der Waals surface area (Å²) in [5, 5.41) is 6.84. The molecule has 1 heterocycles. The fraction of sp³-hybridized carbons (Fsp3) is 0.562. The van der Waals surface area contributed by atoms with Gasteiger partial charge >= 0.3 is 5.97 Å². The van der Waals surface area contributed by atoms with Crippen molar-refractivity contribution in [1.29, 1.82) is 0 Å². The quantitative estimate of drug-likeness (QED) is 0.812. The van der Waals surface area contributed by atoms with Crippen molar-refractivity contribution in [3.63, 3.8) is 0 Å². The zero-order valence-electron chi connectivity index (χ0n) is 12.3. The number of nitrogens with one attached hydrogen (secondary N) is 2. The summed E-state index contributed by atoms with van der Waals surface area (Å²) in [6.07, 6.45) is 2.45. The largest absolute Gasteiger partial charge is 0.459 e. The van der Waals surface area contributed by atoms with Gasteiger partial charge < -0.3 is 15.4 Å². The molecule has 1 unspecified atom stereocenters. The van der Waals surface area contributed by atoms with Gasteiger partial charge in [-0.15, -0.1) is 0 Å². The van der Waals surface area contributed by atoms with Gasteiger partial charge in [0.25, 0.3) is 0 Å².